The highest BCUT2D eigenvalue weighted by molar-refractivity contribution is 6.08. The summed E-state index contributed by atoms with van der Waals surface area (Å²) in [5, 5.41) is 2.70. The Morgan fingerprint density at radius 1 is 0.793 bits per heavy atom. The number of methoxy groups -OCH3 is 1. The minimum absolute atomic E-state index is 0.0631. The Morgan fingerprint density at radius 2 is 1.45 bits per heavy atom. The molecule has 0 aliphatic rings. The number of esters is 2. The minimum atomic E-state index is -0.664. The number of hydrogen-bond acceptors (Lipinski definition) is 5. The molecule has 0 unspecified atom stereocenters. The van der Waals surface area contributed by atoms with Gasteiger partial charge in [0.05, 0.1) is 23.9 Å². The molecule has 3 rings (SSSR count). The van der Waals surface area contributed by atoms with Crippen molar-refractivity contribution in [1.82, 2.24) is 0 Å². The van der Waals surface area contributed by atoms with Crippen molar-refractivity contribution in [2.75, 3.05) is 12.4 Å². The minimum Gasteiger partial charge on any atom is -0.465 e. The van der Waals surface area contributed by atoms with E-state index in [9.17, 15) is 14.4 Å². The first-order chi connectivity index (χ1) is 14.1. The maximum absolute atomic E-state index is 12.7. The highest BCUT2D eigenvalue weighted by atomic mass is 16.5. The molecule has 6 nitrogen and oxygen atoms in total. The first-order valence-electron chi connectivity index (χ1n) is 8.88. The second-order valence-electron chi connectivity index (χ2n) is 6.13. The molecule has 0 spiro atoms. The third-order valence-corrected chi connectivity index (χ3v) is 4.16. The third kappa shape index (κ3) is 5.07. The maximum Gasteiger partial charge on any atom is 0.340 e. The van der Waals surface area contributed by atoms with Crippen LogP contribution in [0.1, 0.15) is 36.6 Å². The average Bonchev–Trinajstić information content (AvgIpc) is 2.78. The van der Waals surface area contributed by atoms with Gasteiger partial charge in [0, 0.05) is 5.56 Å². The lowest BCUT2D eigenvalue weighted by Crippen LogP contribution is -2.17. The molecule has 3 aromatic carbocycles. The summed E-state index contributed by atoms with van der Waals surface area (Å²) in [5.74, 6) is -1.64. The Morgan fingerprint density at radius 3 is 2.10 bits per heavy atom. The summed E-state index contributed by atoms with van der Waals surface area (Å²) in [7, 11) is 1.25. The lowest BCUT2D eigenvalue weighted by Gasteiger charge is -2.12. The van der Waals surface area contributed by atoms with Crippen LogP contribution in [0.15, 0.2) is 78.9 Å². The fourth-order valence-corrected chi connectivity index (χ4v) is 2.65. The van der Waals surface area contributed by atoms with Crippen LogP contribution in [-0.4, -0.2) is 25.0 Å². The SMILES string of the molecule is COC(=O)c1ccc(NC(=O)c2ccccc2)c(C(=O)OCc2ccccc2)c1. The van der Waals surface area contributed by atoms with Gasteiger partial charge in [-0.2, -0.15) is 0 Å². The molecule has 146 valence electrons. The van der Waals surface area contributed by atoms with E-state index in [0.29, 0.717) is 5.56 Å². The van der Waals surface area contributed by atoms with Crippen molar-refractivity contribution >= 4 is 23.5 Å². The molecule has 3 aromatic rings. The summed E-state index contributed by atoms with van der Waals surface area (Å²) in [6.45, 7) is 0.0637. The molecular formula is C23H19NO5. The van der Waals surface area contributed by atoms with Crippen molar-refractivity contribution in [3.63, 3.8) is 0 Å². The van der Waals surface area contributed by atoms with Gasteiger partial charge in [-0.05, 0) is 35.9 Å². The lowest BCUT2D eigenvalue weighted by molar-refractivity contribution is 0.0474. The van der Waals surface area contributed by atoms with Crippen molar-refractivity contribution < 1.29 is 23.9 Å². The lowest BCUT2D eigenvalue weighted by atomic mass is 10.1. The summed E-state index contributed by atoms with van der Waals surface area (Å²) < 4.78 is 10.1. The fraction of sp³-hybridized carbons (Fsp3) is 0.0870. The predicted octanol–water partition coefficient (Wildman–Crippen LogP) is 4.08. The van der Waals surface area contributed by atoms with Gasteiger partial charge >= 0.3 is 11.9 Å². The van der Waals surface area contributed by atoms with Crippen molar-refractivity contribution in [3.8, 4) is 0 Å². The van der Waals surface area contributed by atoms with E-state index < -0.39 is 11.9 Å². The highest BCUT2D eigenvalue weighted by Gasteiger charge is 2.19. The van der Waals surface area contributed by atoms with Crippen LogP contribution in [0.25, 0.3) is 0 Å². The largest absolute Gasteiger partial charge is 0.465 e. The first-order valence-corrected chi connectivity index (χ1v) is 8.88. The first kappa shape index (κ1) is 19.8. The molecule has 0 aliphatic carbocycles. The second-order valence-corrected chi connectivity index (χ2v) is 6.13. The molecule has 0 radical (unpaired) electrons. The standard InChI is InChI=1S/C23H19NO5/c1-28-22(26)18-12-13-20(24-21(25)17-10-6-3-7-11-17)19(14-18)23(27)29-15-16-8-4-2-5-9-16/h2-14H,15H2,1H3,(H,24,25). The number of benzene rings is 3. The van der Waals surface area contributed by atoms with Crippen LogP contribution in [0.3, 0.4) is 0 Å². The van der Waals surface area contributed by atoms with Crippen molar-refractivity contribution in [2.45, 2.75) is 6.61 Å². The molecule has 0 heterocycles. The van der Waals surface area contributed by atoms with E-state index in [1.165, 1.54) is 25.3 Å². The van der Waals surface area contributed by atoms with Gasteiger partial charge in [0.2, 0.25) is 0 Å². The number of rotatable bonds is 6. The fourth-order valence-electron chi connectivity index (χ4n) is 2.65. The number of carbonyl (C=O) groups is 3. The molecule has 0 saturated carbocycles. The van der Waals surface area contributed by atoms with E-state index in [-0.39, 0.29) is 29.3 Å². The summed E-state index contributed by atoms with van der Waals surface area (Å²) >= 11 is 0. The zero-order valence-corrected chi connectivity index (χ0v) is 15.8. The molecule has 1 N–H and O–H groups in total. The predicted molar refractivity (Wildman–Crippen MR) is 108 cm³/mol. The normalized spacial score (nSPS) is 10.1. The molecule has 1 amide bonds. The Kier molecular flexibility index (Phi) is 6.37. The number of carbonyl (C=O) groups excluding carboxylic acids is 3. The summed E-state index contributed by atoms with van der Waals surface area (Å²) in [4.78, 5) is 37.0. The zero-order chi connectivity index (χ0) is 20.6. The molecule has 0 saturated heterocycles. The van der Waals surface area contributed by atoms with Gasteiger partial charge in [0.25, 0.3) is 5.91 Å². The number of amides is 1. The van der Waals surface area contributed by atoms with Gasteiger partial charge in [-0.3, -0.25) is 4.79 Å². The highest BCUT2D eigenvalue weighted by Crippen LogP contribution is 2.21. The Bertz CT molecular complexity index is 1020. The van der Waals surface area contributed by atoms with Crippen LogP contribution in [0.2, 0.25) is 0 Å². The van der Waals surface area contributed by atoms with Crippen LogP contribution < -0.4 is 5.32 Å². The van der Waals surface area contributed by atoms with Gasteiger partial charge < -0.3 is 14.8 Å². The van der Waals surface area contributed by atoms with E-state index in [1.807, 2.05) is 30.3 Å². The number of anilines is 1. The van der Waals surface area contributed by atoms with Crippen LogP contribution in [-0.2, 0) is 16.1 Å². The van der Waals surface area contributed by atoms with E-state index >= 15 is 0 Å². The molecule has 29 heavy (non-hydrogen) atoms. The van der Waals surface area contributed by atoms with Gasteiger partial charge in [-0.1, -0.05) is 48.5 Å². The molecule has 6 heteroatoms. The molecule has 0 atom stereocenters. The molecular weight excluding hydrogens is 370 g/mol. The van der Waals surface area contributed by atoms with Gasteiger partial charge in [-0.15, -0.1) is 0 Å². The van der Waals surface area contributed by atoms with E-state index in [4.69, 9.17) is 9.47 Å². The molecule has 0 fully saturated rings. The van der Waals surface area contributed by atoms with E-state index in [0.717, 1.165) is 5.56 Å². The Labute approximate surface area is 168 Å². The maximum atomic E-state index is 12.7. The molecule has 0 aromatic heterocycles. The van der Waals surface area contributed by atoms with Gasteiger partial charge in [0.15, 0.2) is 0 Å². The van der Waals surface area contributed by atoms with Crippen molar-refractivity contribution in [2.24, 2.45) is 0 Å². The topological polar surface area (TPSA) is 81.7 Å². The van der Waals surface area contributed by atoms with Crippen molar-refractivity contribution in [1.29, 1.82) is 0 Å². The molecule has 0 bridgehead atoms. The van der Waals surface area contributed by atoms with E-state index in [2.05, 4.69) is 5.32 Å². The number of ether oxygens (including phenoxy) is 2. The van der Waals surface area contributed by atoms with Crippen LogP contribution >= 0.6 is 0 Å². The van der Waals surface area contributed by atoms with Crippen LogP contribution in [0.4, 0.5) is 5.69 Å². The summed E-state index contributed by atoms with van der Waals surface area (Å²) in [6, 6.07) is 22.1. The third-order valence-electron chi connectivity index (χ3n) is 4.16. The average molecular weight is 389 g/mol. The quantitative estimate of drug-likeness (QED) is 0.643. The van der Waals surface area contributed by atoms with E-state index in [1.54, 1.807) is 30.3 Å². The smallest absolute Gasteiger partial charge is 0.340 e. The Hall–Kier alpha value is -3.93. The van der Waals surface area contributed by atoms with Crippen LogP contribution in [0, 0.1) is 0 Å². The summed E-state index contributed by atoms with van der Waals surface area (Å²) in [6.07, 6.45) is 0. The molecule has 0 aliphatic heterocycles. The van der Waals surface area contributed by atoms with Gasteiger partial charge in [0.1, 0.15) is 6.61 Å². The van der Waals surface area contributed by atoms with Crippen molar-refractivity contribution in [3.05, 3.63) is 101 Å². The van der Waals surface area contributed by atoms with Crippen LogP contribution in [0.5, 0.6) is 0 Å². The number of hydrogen-bond donors (Lipinski definition) is 1. The Balaban J connectivity index is 1.86. The number of nitrogens with one attached hydrogen (secondary N) is 1. The monoisotopic (exact) mass is 389 g/mol. The van der Waals surface area contributed by atoms with Gasteiger partial charge in [-0.25, -0.2) is 9.59 Å². The zero-order valence-electron chi connectivity index (χ0n) is 15.8. The summed E-state index contributed by atoms with van der Waals surface area (Å²) in [5.41, 5.74) is 1.74. The second kappa shape index (κ2) is 9.32.